The van der Waals surface area contributed by atoms with E-state index in [1.54, 1.807) is 6.20 Å². The Labute approximate surface area is 87.9 Å². The molecule has 0 fully saturated rings. The number of hydrogen-bond donors (Lipinski definition) is 0. The molecule has 14 heavy (non-hydrogen) atoms. The molecule has 0 bridgehead atoms. The van der Waals surface area contributed by atoms with Gasteiger partial charge in [0.1, 0.15) is 0 Å². The summed E-state index contributed by atoms with van der Waals surface area (Å²) >= 11 is 0. The molecule has 0 spiro atoms. The lowest BCUT2D eigenvalue weighted by molar-refractivity contribution is 0.211. The smallest absolute Gasteiger partial charge is 0.0484 e. The van der Waals surface area contributed by atoms with Crippen molar-refractivity contribution in [3.05, 3.63) is 12.3 Å². The van der Waals surface area contributed by atoms with E-state index in [9.17, 15) is 0 Å². The largest absolute Gasteiger partial charge is 0.278 e. The summed E-state index contributed by atoms with van der Waals surface area (Å²) in [7, 11) is 2.00. The van der Waals surface area contributed by atoms with Crippen LogP contribution in [0.2, 0.25) is 0 Å². The van der Waals surface area contributed by atoms with Gasteiger partial charge in [0.05, 0.1) is 0 Å². The first-order valence-electron chi connectivity index (χ1n) is 5.51. The molecule has 3 heteroatoms. The Kier molecular flexibility index (Phi) is 8.19. The monoisotopic (exact) mass is 197 g/mol. The van der Waals surface area contributed by atoms with Gasteiger partial charge in [-0.3, -0.25) is 5.01 Å². The van der Waals surface area contributed by atoms with Gasteiger partial charge in [-0.25, -0.2) is 0 Å². The third kappa shape index (κ3) is 5.73. The summed E-state index contributed by atoms with van der Waals surface area (Å²) < 4.78 is 0. The Hall–Kier alpha value is -0.860. The lowest BCUT2D eigenvalue weighted by Gasteiger charge is -2.23. The highest BCUT2D eigenvalue weighted by molar-refractivity contribution is 4.72. The van der Waals surface area contributed by atoms with E-state index in [0.29, 0.717) is 6.04 Å². The molecule has 0 N–H and O–H groups in total. The summed E-state index contributed by atoms with van der Waals surface area (Å²) in [6.07, 6.45) is 8.39. The molecule has 0 aromatic carbocycles. The predicted molar refractivity (Wildman–Crippen MR) is 61.0 cm³/mol. The summed E-state index contributed by atoms with van der Waals surface area (Å²) in [6.45, 7) is 6.35. The summed E-state index contributed by atoms with van der Waals surface area (Å²) in [5.74, 6) is 0. The quantitative estimate of drug-likeness (QED) is 0.451. The molecule has 0 saturated heterocycles. The second-order valence-corrected chi connectivity index (χ2v) is 3.49. The summed E-state index contributed by atoms with van der Waals surface area (Å²) in [5, 5.41) is 10.0. The SMILES string of the molecule is C/C=C\N=N/N(C)C(CCC)CCC. The first-order valence-corrected chi connectivity index (χ1v) is 5.51. The summed E-state index contributed by atoms with van der Waals surface area (Å²) in [4.78, 5) is 0. The predicted octanol–water partition coefficient (Wildman–Crippen LogP) is 3.79. The second-order valence-electron chi connectivity index (χ2n) is 3.49. The molecule has 0 atom stereocenters. The lowest BCUT2D eigenvalue weighted by atomic mass is 10.1. The summed E-state index contributed by atoms with van der Waals surface area (Å²) in [5.41, 5.74) is 0. The molecule has 3 nitrogen and oxygen atoms in total. The van der Waals surface area contributed by atoms with Gasteiger partial charge in [-0.2, -0.15) is 0 Å². The minimum atomic E-state index is 0.541. The molecule has 0 aliphatic rings. The van der Waals surface area contributed by atoms with Gasteiger partial charge in [0, 0.05) is 19.3 Å². The van der Waals surface area contributed by atoms with E-state index in [4.69, 9.17) is 0 Å². The van der Waals surface area contributed by atoms with Crippen LogP contribution in [0.15, 0.2) is 22.6 Å². The van der Waals surface area contributed by atoms with E-state index >= 15 is 0 Å². The van der Waals surface area contributed by atoms with E-state index in [1.165, 1.54) is 25.7 Å². The fourth-order valence-electron chi connectivity index (χ4n) is 1.44. The molecule has 0 rings (SSSR count). The van der Waals surface area contributed by atoms with Gasteiger partial charge < -0.3 is 0 Å². The van der Waals surface area contributed by atoms with Crippen LogP contribution in [-0.4, -0.2) is 18.1 Å². The van der Waals surface area contributed by atoms with Crippen LogP contribution < -0.4 is 0 Å². The Morgan fingerprint density at radius 3 is 2.21 bits per heavy atom. The van der Waals surface area contributed by atoms with Crippen LogP contribution in [0, 0.1) is 0 Å². The number of rotatable bonds is 7. The van der Waals surface area contributed by atoms with Crippen molar-refractivity contribution >= 4 is 0 Å². The van der Waals surface area contributed by atoms with Crippen LogP contribution in [0.1, 0.15) is 46.5 Å². The molecule has 0 radical (unpaired) electrons. The Morgan fingerprint density at radius 1 is 1.21 bits per heavy atom. The average Bonchev–Trinajstić information content (AvgIpc) is 2.18. The highest BCUT2D eigenvalue weighted by Gasteiger charge is 2.10. The zero-order valence-electron chi connectivity index (χ0n) is 9.90. The molecular formula is C11H23N3. The fraction of sp³-hybridized carbons (Fsp3) is 0.818. The molecule has 0 unspecified atom stereocenters. The molecule has 0 aliphatic heterocycles. The van der Waals surface area contributed by atoms with E-state index in [1.807, 2.05) is 25.1 Å². The molecule has 0 aliphatic carbocycles. The maximum Gasteiger partial charge on any atom is 0.0484 e. The van der Waals surface area contributed by atoms with Crippen LogP contribution in [0.4, 0.5) is 0 Å². The van der Waals surface area contributed by atoms with Crippen LogP contribution in [0.25, 0.3) is 0 Å². The van der Waals surface area contributed by atoms with Crippen molar-refractivity contribution in [2.75, 3.05) is 7.05 Å². The van der Waals surface area contributed by atoms with Gasteiger partial charge in [0.15, 0.2) is 0 Å². The van der Waals surface area contributed by atoms with E-state index in [0.717, 1.165) is 0 Å². The molecule has 82 valence electrons. The fourth-order valence-corrected chi connectivity index (χ4v) is 1.44. The minimum Gasteiger partial charge on any atom is -0.278 e. The number of nitrogens with zero attached hydrogens (tertiary/aromatic N) is 3. The third-order valence-electron chi connectivity index (χ3n) is 2.18. The van der Waals surface area contributed by atoms with Crippen molar-refractivity contribution in [2.24, 2.45) is 10.3 Å². The summed E-state index contributed by atoms with van der Waals surface area (Å²) in [6, 6.07) is 0.541. The van der Waals surface area contributed by atoms with E-state index in [-0.39, 0.29) is 0 Å². The molecule has 0 saturated carbocycles. The first kappa shape index (κ1) is 13.1. The first-order chi connectivity index (χ1) is 6.76. The molecular weight excluding hydrogens is 174 g/mol. The Bertz CT molecular complexity index is 169. The molecule has 0 aromatic heterocycles. The maximum absolute atomic E-state index is 4.12. The minimum absolute atomic E-state index is 0.541. The lowest BCUT2D eigenvalue weighted by Crippen LogP contribution is -2.26. The van der Waals surface area contributed by atoms with Gasteiger partial charge in [0.25, 0.3) is 0 Å². The highest BCUT2D eigenvalue weighted by Crippen LogP contribution is 2.11. The Balaban J connectivity index is 4.05. The average molecular weight is 197 g/mol. The highest BCUT2D eigenvalue weighted by atomic mass is 15.5. The van der Waals surface area contributed by atoms with E-state index < -0.39 is 0 Å². The third-order valence-corrected chi connectivity index (χ3v) is 2.18. The maximum atomic E-state index is 4.12. The van der Waals surface area contributed by atoms with Crippen LogP contribution in [0.5, 0.6) is 0 Å². The molecule has 0 amide bonds. The van der Waals surface area contributed by atoms with Crippen LogP contribution in [0.3, 0.4) is 0 Å². The van der Waals surface area contributed by atoms with Crippen molar-refractivity contribution in [2.45, 2.75) is 52.5 Å². The van der Waals surface area contributed by atoms with Gasteiger partial charge in [-0.05, 0) is 19.8 Å². The topological polar surface area (TPSA) is 28.0 Å². The van der Waals surface area contributed by atoms with Crippen molar-refractivity contribution in [1.82, 2.24) is 5.01 Å². The van der Waals surface area contributed by atoms with E-state index in [2.05, 4.69) is 24.2 Å². The van der Waals surface area contributed by atoms with Crippen LogP contribution in [-0.2, 0) is 0 Å². The number of hydrogen-bond acceptors (Lipinski definition) is 2. The molecule has 0 heterocycles. The normalized spacial score (nSPS) is 12.1. The van der Waals surface area contributed by atoms with Gasteiger partial charge in [0.2, 0.25) is 0 Å². The Morgan fingerprint density at radius 2 is 1.79 bits per heavy atom. The van der Waals surface area contributed by atoms with Gasteiger partial charge in [-0.15, -0.1) is 5.11 Å². The standard InChI is InChI=1S/C11H23N3/c1-5-8-11(9-6-2)14(4)13-12-10-7-3/h7,10-11H,5-6,8-9H2,1-4H3/b10-7-,13-12-. The second kappa shape index (κ2) is 8.73. The zero-order valence-corrected chi connectivity index (χ0v) is 9.90. The van der Waals surface area contributed by atoms with Gasteiger partial charge >= 0.3 is 0 Å². The van der Waals surface area contributed by atoms with Crippen molar-refractivity contribution < 1.29 is 0 Å². The zero-order chi connectivity index (χ0) is 10.8. The van der Waals surface area contributed by atoms with Crippen LogP contribution >= 0.6 is 0 Å². The molecule has 0 aromatic rings. The van der Waals surface area contributed by atoms with Crippen molar-refractivity contribution in [3.63, 3.8) is 0 Å². The van der Waals surface area contributed by atoms with Crippen molar-refractivity contribution in [3.8, 4) is 0 Å². The van der Waals surface area contributed by atoms with Gasteiger partial charge in [-0.1, -0.05) is 38.0 Å². The number of allylic oxidation sites excluding steroid dienone is 1. The van der Waals surface area contributed by atoms with Crippen molar-refractivity contribution in [1.29, 1.82) is 0 Å².